The number of thiophene rings is 1. The standard InChI is InChI=1S/C17H24N2OS/c1-10-2-5-15-12(6-10)7-16(21-15)17(20)19-8-11-3-4-14(18)13(11)9-19/h7,10-11,13-14H,2-6,8-9,18H2,1H3. The predicted molar refractivity (Wildman–Crippen MR) is 85.6 cm³/mol. The van der Waals surface area contributed by atoms with Gasteiger partial charge in [0.25, 0.3) is 5.91 Å². The van der Waals surface area contributed by atoms with Crippen LogP contribution >= 0.6 is 11.3 Å². The fourth-order valence-electron chi connectivity index (χ4n) is 4.44. The molecule has 3 nitrogen and oxygen atoms in total. The lowest BCUT2D eigenvalue weighted by Crippen LogP contribution is -2.33. The minimum Gasteiger partial charge on any atom is -0.337 e. The highest BCUT2D eigenvalue weighted by atomic mass is 32.1. The number of carbonyl (C=O) groups excluding carboxylic acids is 1. The zero-order chi connectivity index (χ0) is 14.6. The number of amides is 1. The highest BCUT2D eigenvalue weighted by molar-refractivity contribution is 7.14. The molecule has 0 spiro atoms. The minimum atomic E-state index is 0.253. The van der Waals surface area contributed by atoms with Gasteiger partial charge < -0.3 is 10.6 Å². The fourth-order valence-corrected chi connectivity index (χ4v) is 5.62. The second kappa shape index (κ2) is 5.10. The van der Waals surface area contributed by atoms with Crippen LogP contribution in [0.2, 0.25) is 0 Å². The number of carbonyl (C=O) groups is 1. The molecule has 3 aliphatic rings. The summed E-state index contributed by atoms with van der Waals surface area (Å²) in [5, 5.41) is 0. The summed E-state index contributed by atoms with van der Waals surface area (Å²) in [6.45, 7) is 4.12. The molecule has 1 saturated carbocycles. The van der Waals surface area contributed by atoms with Gasteiger partial charge in [0.15, 0.2) is 0 Å². The Bertz CT molecular complexity index is 567. The topological polar surface area (TPSA) is 46.3 Å². The number of hydrogen-bond donors (Lipinski definition) is 1. The highest BCUT2D eigenvalue weighted by Crippen LogP contribution is 2.39. The second-order valence-electron chi connectivity index (χ2n) is 7.28. The molecule has 21 heavy (non-hydrogen) atoms. The molecule has 1 aromatic heterocycles. The molecule has 0 aromatic carbocycles. The summed E-state index contributed by atoms with van der Waals surface area (Å²) >= 11 is 1.74. The first-order valence-electron chi connectivity index (χ1n) is 8.28. The summed E-state index contributed by atoms with van der Waals surface area (Å²) in [7, 11) is 0. The Labute approximate surface area is 130 Å². The number of nitrogens with zero attached hydrogens (tertiary/aromatic N) is 1. The van der Waals surface area contributed by atoms with Gasteiger partial charge in [-0.25, -0.2) is 0 Å². The van der Waals surface area contributed by atoms with E-state index in [1.54, 1.807) is 11.3 Å². The zero-order valence-electron chi connectivity index (χ0n) is 12.7. The van der Waals surface area contributed by atoms with E-state index in [1.807, 2.05) is 0 Å². The summed E-state index contributed by atoms with van der Waals surface area (Å²) in [6, 6.07) is 2.48. The number of rotatable bonds is 1. The van der Waals surface area contributed by atoms with Crippen molar-refractivity contribution in [2.24, 2.45) is 23.5 Å². The van der Waals surface area contributed by atoms with Gasteiger partial charge >= 0.3 is 0 Å². The van der Waals surface area contributed by atoms with Gasteiger partial charge in [-0.05, 0) is 61.5 Å². The largest absolute Gasteiger partial charge is 0.337 e. The summed E-state index contributed by atoms with van der Waals surface area (Å²) in [4.78, 5) is 17.3. The fraction of sp³-hybridized carbons (Fsp3) is 0.706. The molecule has 2 fully saturated rings. The Kier molecular flexibility index (Phi) is 3.34. The van der Waals surface area contributed by atoms with Crippen molar-refractivity contribution in [3.63, 3.8) is 0 Å². The Morgan fingerprint density at radius 1 is 1.33 bits per heavy atom. The molecule has 2 N–H and O–H groups in total. The Morgan fingerprint density at radius 3 is 3.00 bits per heavy atom. The van der Waals surface area contributed by atoms with Crippen molar-refractivity contribution in [1.29, 1.82) is 0 Å². The third-order valence-electron chi connectivity index (χ3n) is 5.74. The summed E-state index contributed by atoms with van der Waals surface area (Å²) in [5.74, 6) is 2.21. The molecular weight excluding hydrogens is 280 g/mol. The number of hydrogen-bond acceptors (Lipinski definition) is 3. The Hall–Kier alpha value is -0.870. The molecule has 0 radical (unpaired) electrons. The van der Waals surface area contributed by atoms with E-state index in [0.717, 1.165) is 43.1 Å². The van der Waals surface area contributed by atoms with Crippen LogP contribution in [-0.2, 0) is 12.8 Å². The molecule has 4 heteroatoms. The van der Waals surface area contributed by atoms with E-state index in [1.165, 1.54) is 23.3 Å². The van der Waals surface area contributed by atoms with E-state index in [9.17, 15) is 4.79 Å². The number of fused-ring (bicyclic) bond motifs is 2. The van der Waals surface area contributed by atoms with E-state index < -0.39 is 0 Å². The lowest BCUT2D eigenvalue weighted by Gasteiger charge is -2.17. The lowest BCUT2D eigenvalue weighted by atomic mass is 9.90. The quantitative estimate of drug-likeness (QED) is 0.867. The maximum Gasteiger partial charge on any atom is 0.263 e. The van der Waals surface area contributed by atoms with Crippen LogP contribution in [0.15, 0.2) is 6.07 Å². The molecule has 4 unspecified atom stereocenters. The molecular formula is C17H24N2OS. The SMILES string of the molecule is CC1CCc2sc(C(=O)N3CC4CCC(N)C4C3)cc2C1. The van der Waals surface area contributed by atoms with Crippen LogP contribution in [0.1, 0.15) is 46.3 Å². The average molecular weight is 304 g/mol. The molecule has 1 amide bonds. The van der Waals surface area contributed by atoms with Gasteiger partial charge in [0.2, 0.25) is 0 Å². The molecule has 1 saturated heterocycles. The van der Waals surface area contributed by atoms with Crippen LogP contribution in [0.3, 0.4) is 0 Å². The van der Waals surface area contributed by atoms with Crippen molar-refractivity contribution < 1.29 is 4.79 Å². The van der Waals surface area contributed by atoms with Crippen LogP contribution < -0.4 is 5.73 Å². The molecule has 2 heterocycles. The van der Waals surface area contributed by atoms with Gasteiger partial charge in [0, 0.05) is 24.0 Å². The van der Waals surface area contributed by atoms with Crippen LogP contribution in [0.5, 0.6) is 0 Å². The van der Waals surface area contributed by atoms with E-state index in [-0.39, 0.29) is 5.91 Å². The molecule has 114 valence electrons. The van der Waals surface area contributed by atoms with Gasteiger partial charge in [-0.3, -0.25) is 4.79 Å². The summed E-state index contributed by atoms with van der Waals surface area (Å²) < 4.78 is 0. The number of nitrogens with two attached hydrogens (primary N) is 1. The first-order valence-corrected chi connectivity index (χ1v) is 9.10. The molecule has 2 aliphatic carbocycles. The first-order chi connectivity index (χ1) is 10.1. The molecule has 0 bridgehead atoms. The number of aryl methyl sites for hydroxylation is 1. The first kappa shape index (κ1) is 13.8. The van der Waals surface area contributed by atoms with Crippen LogP contribution in [0.4, 0.5) is 0 Å². The van der Waals surface area contributed by atoms with Crippen molar-refractivity contribution in [2.45, 2.75) is 45.1 Å². The second-order valence-corrected chi connectivity index (χ2v) is 8.42. The monoisotopic (exact) mass is 304 g/mol. The van der Waals surface area contributed by atoms with Crippen molar-refractivity contribution in [3.05, 3.63) is 21.4 Å². The minimum absolute atomic E-state index is 0.253. The summed E-state index contributed by atoms with van der Waals surface area (Å²) in [6.07, 6.45) is 5.92. The highest BCUT2D eigenvalue weighted by Gasteiger charge is 2.42. The van der Waals surface area contributed by atoms with Gasteiger partial charge in [0.05, 0.1) is 4.88 Å². The Morgan fingerprint density at radius 2 is 2.19 bits per heavy atom. The van der Waals surface area contributed by atoms with Gasteiger partial charge in [-0.1, -0.05) is 6.92 Å². The predicted octanol–water partition coefficient (Wildman–Crippen LogP) is 2.68. The van der Waals surface area contributed by atoms with E-state index in [4.69, 9.17) is 5.73 Å². The third kappa shape index (κ3) is 2.33. The molecule has 4 atom stereocenters. The smallest absolute Gasteiger partial charge is 0.263 e. The summed E-state index contributed by atoms with van der Waals surface area (Å²) in [5.41, 5.74) is 7.61. The molecule has 4 rings (SSSR count). The molecule has 1 aromatic rings. The van der Waals surface area contributed by atoms with Crippen LogP contribution in [0.25, 0.3) is 0 Å². The third-order valence-corrected chi connectivity index (χ3v) is 6.96. The normalized spacial score (nSPS) is 34.9. The zero-order valence-corrected chi connectivity index (χ0v) is 13.5. The Balaban J connectivity index is 1.51. The van der Waals surface area contributed by atoms with Crippen LogP contribution in [-0.4, -0.2) is 29.9 Å². The lowest BCUT2D eigenvalue weighted by molar-refractivity contribution is 0.0784. The van der Waals surface area contributed by atoms with Crippen LogP contribution in [0, 0.1) is 17.8 Å². The maximum absolute atomic E-state index is 12.8. The van der Waals surface area contributed by atoms with Gasteiger partial charge in [-0.2, -0.15) is 0 Å². The average Bonchev–Trinajstić information content (AvgIpc) is 3.13. The van der Waals surface area contributed by atoms with E-state index in [0.29, 0.717) is 17.9 Å². The van der Waals surface area contributed by atoms with Crippen molar-refractivity contribution in [1.82, 2.24) is 4.90 Å². The van der Waals surface area contributed by atoms with Gasteiger partial charge in [-0.15, -0.1) is 11.3 Å². The van der Waals surface area contributed by atoms with Crippen molar-refractivity contribution in [3.8, 4) is 0 Å². The maximum atomic E-state index is 12.8. The molecule has 1 aliphatic heterocycles. The van der Waals surface area contributed by atoms with E-state index >= 15 is 0 Å². The van der Waals surface area contributed by atoms with E-state index in [2.05, 4.69) is 17.9 Å². The van der Waals surface area contributed by atoms with Crippen molar-refractivity contribution in [2.75, 3.05) is 13.1 Å². The number of likely N-dealkylation sites (tertiary alicyclic amines) is 1. The van der Waals surface area contributed by atoms with Crippen molar-refractivity contribution >= 4 is 17.2 Å². The van der Waals surface area contributed by atoms with Gasteiger partial charge in [0.1, 0.15) is 0 Å².